The molecule has 0 atom stereocenters. The van der Waals surface area contributed by atoms with Crippen molar-refractivity contribution in [3.63, 3.8) is 0 Å². The summed E-state index contributed by atoms with van der Waals surface area (Å²) in [6, 6.07) is 22.1. The van der Waals surface area contributed by atoms with Crippen LogP contribution in [0.4, 0.5) is 10.5 Å². The highest BCUT2D eigenvalue weighted by Gasteiger charge is 2.16. The van der Waals surface area contributed by atoms with Gasteiger partial charge in [-0.3, -0.25) is 0 Å². The summed E-state index contributed by atoms with van der Waals surface area (Å²) in [6.45, 7) is 4.26. The number of urea groups is 1. The van der Waals surface area contributed by atoms with E-state index in [0.29, 0.717) is 6.54 Å². The van der Waals surface area contributed by atoms with Gasteiger partial charge in [-0.25, -0.2) is 4.79 Å². The average Bonchev–Trinajstić information content (AvgIpc) is 3.14. The van der Waals surface area contributed by atoms with Gasteiger partial charge in [0.25, 0.3) is 0 Å². The van der Waals surface area contributed by atoms with Crippen molar-refractivity contribution in [2.45, 2.75) is 32.9 Å². The van der Waals surface area contributed by atoms with Crippen LogP contribution in [0, 0.1) is 0 Å². The smallest absolute Gasteiger partial charge is 0.322 e. The number of aromatic nitrogens is 1. The van der Waals surface area contributed by atoms with Crippen molar-refractivity contribution in [3.8, 4) is 0 Å². The second-order valence-electron chi connectivity index (χ2n) is 6.83. The number of halogens is 1. The van der Waals surface area contributed by atoms with Crippen LogP contribution in [0.15, 0.2) is 77.4 Å². The molecule has 5 heteroatoms. The van der Waals surface area contributed by atoms with Crippen molar-refractivity contribution in [1.82, 2.24) is 9.47 Å². The molecule has 0 unspecified atom stereocenters. The molecule has 0 spiro atoms. The number of rotatable bonds is 8. The number of hydrogen-bond acceptors (Lipinski definition) is 1. The van der Waals surface area contributed by atoms with Crippen LogP contribution >= 0.6 is 15.9 Å². The Balaban J connectivity index is 1.71. The number of amides is 2. The lowest BCUT2D eigenvalue weighted by Crippen LogP contribution is -2.35. The normalized spacial score (nSPS) is 10.6. The van der Waals surface area contributed by atoms with Crippen molar-refractivity contribution in [2.75, 3.05) is 11.9 Å². The molecule has 1 aromatic heterocycles. The molecule has 4 nitrogen and oxygen atoms in total. The van der Waals surface area contributed by atoms with E-state index in [4.69, 9.17) is 0 Å². The number of carbonyl (C=O) groups excluding carboxylic acids is 1. The molecule has 0 fully saturated rings. The van der Waals surface area contributed by atoms with Gasteiger partial charge in [-0.15, -0.1) is 0 Å². The number of nitrogens with one attached hydrogen (secondary N) is 1. The molecule has 28 heavy (non-hydrogen) atoms. The highest BCUT2D eigenvalue weighted by molar-refractivity contribution is 9.10. The third-order valence-corrected chi connectivity index (χ3v) is 5.17. The summed E-state index contributed by atoms with van der Waals surface area (Å²) in [6.07, 6.45) is 4.10. The minimum atomic E-state index is -0.0665. The molecule has 0 aliphatic rings. The average molecular weight is 440 g/mol. The number of hydrogen-bond donors (Lipinski definition) is 1. The molecule has 0 aliphatic heterocycles. The van der Waals surface area contributed by atoms with Gasteiger partial charge in [0, 0.05) is 35.1 Å². The molecular weight excluding hydrogens is 414 g/mol. The van der Waals surface area contributed by atoms with E-state index in [0.717, 1.165) is 41.8 Å². The summed E-state index contributed by atoms with van der Waals surface area (Å²) in [4.78, 5) is 14.8. The predicted molar refractivity (Wildman–Crippen MR) is 118 cm³/mol. The van der Waals surface area contributed by atoms with Crippen LogP contribution < -0.4 is 5.32 Å². The maximum Gasteiger partial charge on any atom is 0.322 e. The highest BCUT2D eigenvalue weighted by Crippen LogP contribution is 2.16. The highest BCUT2D eigenvalue weighted by atomic mass is 79.9. The van der Waals surface area contributed by atoms with Gasteiger partial charge in [0.2, 0.25) is 0 Å². The van der Waals surface area contributed by atoms with Crippen LogP contribution in [0.3, 0.4) is 0 Å². The van der Waals surface area contributed by atoms with Crippen molar-refractivity contribution in [3.05, 3.63) is 88.7 Å². The van der Waals surface area contributed by atoms with Crippen molar-refractivity contribution in [2.24, 2.45) is 0 Å². The van der Waals surface area contributed by atoms with E-state index in [2.05, 4.69) is 69.3 Å². The predicted octanol–water partition coefficient (Wildman–Crippen LogP) is 6.13. The van der Waals surface area contributed by atoms with E-state index < -0.39 is 0 Å². The maximum absolute atomic E-state index is 12.9. The molecule has 1 N–H and O–H groups in total. The fourth-order valence-electron chi connectivity index (χ4n) is 3.06. The summed E-state index contributed by atoms with van der Waals surface area (Å²) in [5, 5.41) is 3.02. The van der Waals surface area contributed by atoms with E-state index in [9.17, 15) is 4.79 Å². The van der Waals surface area contributed by atoms with Crippen LogP contribution in [0.25, 0.3) is 0 Å². The van der Waals surface area contributed by atoms with Gasteiger partial charge in [-0.1, -0.05) is 59.6 Å². The molecule has 0 radical (unpaired) electrons. The fraction of sp³-hybridized carbons (Fsp3) is 0.261. The summed E-state index contributed by atoms with van der Waals surface area (Å²) < 4.78 is 3.20. The van der Waals surface area contributed by atoms with Crippen LogP contribution in [-0.2, 0) is 13.1 Å². The van der Waals surface area contributed by atoms with E-state index >= 15 is 0 Å². The quantitative estimate of drug-likeness (QED) is 0.449. The summed E-state index contributed by atoms with van der Waals surface area (Å²) in [7, 11) is 0. The van der Waals surface area contributed by atoms with Crippen LogP contribution in [0.2, 0.25) is 0 Å². The molecule has 0 bridgehead atoms. The Bertz CT molecular complexity index is 874. The molecule has 2 aromatic carbocycles. The van der Waals surface area contributed by atoms with E-state index in [1.807, 2.05) is 41.3 Å². The zero-order chi connectivity index (χ0) is 19.8. The lowest BCUT2D eigenvalue weighted by Gasteiger charge is -2.24. The lowest BCUT2D eigenvalue weighted by molar-refractivity contribution is 0.207. The molecule has 3 aromatic rings. The first kappa shape index (κ1) is 20.2. The number of unbranched alkanes of at least 4 members (excludes halogenated alkanes) is 1. The van der Waals surface area contributed by atoms with Gasteiger partial charge in [0.1, 0.15) is 0 Å². The third-order valence-electron chi connectivity index (χ3n) is 4.64. The zero-order valence-electron chi connectivity index (χ0n) is 16.1. The molecule has 0 saturated heterocycles. The van der Waals surface area contributed by atoms with Gasteiger partial charge >= 0.3 is 6.03 Å². The number of carbonyl (C=O) groups is 1. The van der Waals surface area contributed by atoms with Gasteiger partial charge < -0.3 is 14.8 Å². The van der Waals surface area contributed by atoms with Crippen LogP contribution in [0.5, 0.6) is 0 Å². The van der Waals surface area contributed by atoms with Gasteiger partial charge in [-0.05, 0) is 48.4 Å². The Labute approximate surface area is 175 Å². The number of benzene rings is 2. The van der Waals surface area contributed by atoms with Crippen LogP contribution in [0.1, 0.15) is 31.0 Å². The van der Waals surface area contributed by atoms with E-state index in [1.165, 1.54) is 5.56 Å². The molecule has 2 amide bonds. The van der Waals surface area contributed by atoms with Crippen molar-refractivity contribution >= 4 is 27.6 Å². The molecule has 0 saturated carbocycles. The Morgan fingerprint density at radius 2 is 1.79 bits per heavy atom. The first-order chi connectivity index (χ1) is 13.7. The minimum absolute atomic E-state index is 0.0665. The molecule has 0 aliphatic carbocycles. The standard InChI is InChI=1S/C23H26BrN3O/c1-2-3-15-27(23(28)25-21-13-11-20(24)12-14-21)18-22-10-7-16-26(22)17-19-8-5-4-6-9-19/h4-14,16H,2-3,15,17-18H2,1H3,(H,25,28). The van der Waals surface area contributed by atoms with Gasteiger partial charge in [0.15, 0.2) is 0 Å². The Morgan fingerprint density at radius 3 is 2.50 bits per heavy atom. The lowest BCUT2D eigenvalue weighted by atomic mass is 10.2. The van der Waals surface area contributed by atoms with E-state index in [1.54, 1.807) is 0 Å². The first-order valence-corrected chi connectivity index (χ1v) is 10.4. The minimum Gasteiger partial charge on any atom is -0.345 e. The SMILES string of the molecule is CCCCN(Cc1cccn1Cc1ccccc1)C(=O)Nc1ccc(Br)cc1. The molecule has 1 heterocycles. The second-order valence-corrected chi connectivity index (χ2v) is 7.74. The second kappa shape index (κ2) is 10.1. The van der Waals surface area contributed by atoms with Gasteiger partial charge in [0.05, 0.1) is 6.54 Å². The summed E-state index contributed by atoms with van der Waals surface area (Å²) >= 11 is 3.42. The largest absolute Gasteiger partial charge is 0.345 e. The molecule has 3 rings (SSSR count). The van der Waals surface area contributed by atoms with Crippen LogP contribution in [-0.4, -0.2) is 22.0 Å². The molecule has 146 valence electrons. The van der Waals surface area contributed by atoms with Gasteiger partial charge in [-0.2, -0.15) is 0 Å². The summed E-state index contributed by atoms with van der Waals surface area (Å²) in [5.41, 5.74) is 3.18. The topological polar surface area (TPSA) is 37.3 Å². The fourth-order valence-corrected chi connectivity index (χ4v) is 3.32. The molecular formula is C23H26BrN3O. The maximum atomic E-state index is 12.9. The van der Waals surface area contributed by atoms with E-state index in [-0.39, 0.29) is 6.03 Å². The Morgan fingerprint density at radius 1 is 1.04 bits per heavy atom. The Kier molecular flexibility index (Phi) is 7.31. The number of anilines is 1. The summed E-state index contributed by atoms with van der Waals surface area (Å²) in [5.74, 6) is 0. The van der Waals surface area contributed by atoms with Crippen molar-refractivity contribution in [1.29, 1.82) is 0 Å². The number of nitrogens with zero attached hydrogens (tertiary/aromatic N) is 2. The Hall–Kier alpha value is -2.53. The monoisotopic (exact) mass is 439 g/mol. The zero-order valence-corrected chi connectivity index (χ0v) is 17.7. The third kappa shape index (κ3) is 5.73. The first-order valence-electron chi connectivity index (χ1n) is 9.65. The van der Waals surface area contributed by atoms with Crippen molar-refractivity contribution < 1.29 is 4.79 Å².